The Bertz CT molecular complexity index is 990. The topological polar surface area (TPSA) is 72.4 Å². The highest BCUT2D eigenvalue weighted by atomic mass is 35.5. The molecule has 0 spiro atoms. The number of benzene rings is 2. The lowest BCUT2D eigenvalue weighted by atomic mass is 10.0. The van der Waals surface area contributed by atoms with Crippen LogP contribution in [0.25, 0.3) is 11.3 Å². The van der Waals surface area contributed by atoms with Crippen LogP contribution in [0, 0.1) is 12.8 Å². The van der Waals surface area contributed by atoms with E-state index in [1.54, 1.807) is 18.3 Å². The number of aromatic nitrogens is 1. The van der Waals surface area contributed by atoms with Gasteiger partial charge in [0.2, 0.25) is 0 Å². The highest BCUT2D eigenvalue weighted by Crippen LogP contribution is 2.26. The zero-order valence-electron chi connectivity index (χ0n) is 17.9. The van der Waals surface area contributed by atoms with Crippen molar-refractivity contribution in [1.29, 1.82) is 0 Å². The number of amides is 1. The molecule has 0 radical (unpaired) electrons. The first kappa shape index (κ1) is 26.5. The molecule has 0 aliphatic rings. The summed E-state index contributed by atoms with van der Waals surface area (Å²) < 4.78 is 5.15. The van der Waals surface area contributed by atoms with Crippen molar-refractivity contribution in [3.8, 4) is 11.3 Å². The van der Waals surface area contributed by atoms with Gasteiger partial charge in [-0.1, -0.05) is 83.6 Å². The number of nitrogens with zero attached hydrogens (tertiary/aromatic N) is 2. The van der Waals surface area contributed by atoms with Crippen molar-refractivity contribution in [3.05, 3.63) is 70.3 Å². The maximum atomic E-state index is 12.4. The first-order valence-electron chi connectivity index (χ1n) is 9.88. The third kappa shape index (κ3) is 7.39. The monoisotopic (exact) mass is 515 g/mol. The fourth-order valence-electron chi connectivity index (χ4n) is 2.63. The van der Waals surface area contributed by atoms with Gasteiger partial charge in [0.25, 0.3) is 5.91 Å². The molecule has 1 amide bonds. The summed E-state index contributed by atoms with van der Waals surface area (Å²) in [5.41, 5.74) is 8.52. The predicted molar refractivity (Wildman–Crippen MR) is 134 cm³/mol. The van der Waals surface area contributed by atoms with Crippen molar-refractivity contribution in [3.63, 3.8) is 0 Å². The molecule has 2 N–H and O–H groups in total. The Balaban J connectivity index is 0.000000336. The number of anilines is 1. The molecular weight excluding hydrogens is 492 g/mol. The smallest absolute Gasteiger partial charge is 0.260 e. The molecule has 172 valence electrons. The predicted octanol–water partition coefficient (Wildman–Crippen LogP) is 6.76. The van der Waals surface area contributed by atoms with Gasteiger partial charge in [0.1, 0.15) is 0 Å². The standard InChI is InChI=1S/C16H19Cl2N3O2.C7H6Cl2/c1-10(2)13(19)9-21(16(22)15(17)18)12-5-3-4-11(8-12)14-6-7-20-23-14;1-5-6(8)3-2-4-7(5)9/h3-8,10,13,15H,9,19H2,1-2H3;2-4H,1H3/t13-;/m1./s1. The minimum Gasteiger partial charge on any atom is -0.356 e. The van der Waals surface area contributed by atoms with E-state index in [0.717, 1.165) is 21.2 Å². The number of carbonyl (C=O) groups excluding carboxylic acids is 1. The second kappa shape index (κ2) is 12.5. The van der Waals surface area contributed by atoms with Crippen LogP contribution in [0.2, 0.25) is 10.0 Å². The largest absolute Gasteiger partial charge is 0.356 e. The third-order valence-electron chi connectivity index (χ3n) is 4.78. The zero-order valence-corrected chi connectivity index (χ0v) is 21.0. The lowest BCUT2D eigenvalue weighted by Crippen LogP contribution is -2.45. The second-order valence-corrected chi connectivity index (χ2v) is 9.34. The van der Waals surface area contributed by atoms with Gasteiger partial charge in [0, 0.05) is 39.9 Å². The van der Waals surface area contributed by atoms with Crippen molar-refractivity contribution in [1.82, 2.24) is 5.16 Å². The first-order valence-corrected chi connectivity index (χ1v) is 11.5. The fourth-order valence-corrected chi connectivity index (χ4v) is 3.27. The Morgan fingerprint density at radius 2 is 1.72 bits per heavy atom. The molecule has 5 nitrogen and oxygen atoms in total. The first-order chi connectivity index (χ1) is 15.1. The van der Waals surface area contributed by atoms with E-state index in [1.165, 1.54) is 4.90 Å². The lowest BCUT2D eigenvalue weighted by Gasteiger charge is -2.28. The molecule has 1 aromatic heterocycles. The van der Waals surface area contributed by atoms with Crippen LogP contribution in [0.5, 0.6) is 0 Å². The number of nitrogens with two attached hydrogens (primary N) is 1. The quantitative estimate of drug-likeness (QED) is 0.367. The van der Waals surface area contributed by atoms with E-state index in [2.05, 4.69) is 5.16 Å². The minimum absolute atomic E-state index is 0.194. The molecule has 2 aromatic carbocycles. The summed E-state index contributed by atoms with van der Waals surface area (Å²) in [5, 5.41) is 5.14. The number of rotatable bonds is 6. The Morgan fingerprint density at radius 1 is 1.09 bits per heavy atom. The summed E-state index contributed by atoms with van der Waals surface area (Å²) in [6.45, 7) is 6.21. The van der Waals surface area contributed by atoms with E-state index in [1.807, 2.05) is 57.2 Å². The summed E-state index contributed by atoms with van der Waals surface area (Å²) in [7, 11) is 0. The van der Waals surface area contributed by atoms with E-state index in [4.69, 9.17) is 56.7 Å². The molecule has 0 saturated heterocycles. The van der Waals surface area contributed by atoms with Gasteiger partial charge in [-0.25, -0.2) is 0 Å². The molecule has 0 bridgehead atoms. The van der Waals surface area contributed by atoms with Crippen molar-refractivity contribution in [2.45, 2.75) is 31.6 Å². The molecule has 1 atom stereocenters. The maximum Gasteiger partial charge on any atom is 0.260 e. The Morgan fingerprint density at radius 3 is 2.22 bits per heavy atom. The van der Waals surface area contributed by atoms with Crippen LogP contribution >= 0.6 is 46.4 Å². The van der Waals surface area contributed by atoms with E-state index < -0.39 is 10.7 Å². The Hall–Kier alpha value is -1.76. The van der Waals surface area contributed by atoms with E-state index in [0.29, 0.717) is 18.0 Å². The molecule has 1 heterocycles. The van der Waals surface area contributed by atoms with Gasteiger partial charge < -0.3 is 15.2 Å². The lowest BCUT2D eigenvalue weighted by molar-refractivity contribution is -0.117. The van der Waals surface area contributed by atoms with E-state index >= 15 is 0 Å². The Labute approximate surface area is 208 Å². The van der Waals surface area contributed by atoms with Crippen molar-refractivity contribution in [2.24, 2.45) is 11.7 Å². The maximum absolute atomic E-state index is 12.4. The number of carbonyl (C=O) groups is 1. The van der Waals surface area contributed by atoms with Gasteiger partial charge in [0.05, 0.1) is 6.20 Å². The van der Waals surface area contributed by atoms with Gasteiger partial charge in [-0.2, -0.15) is 0 Å². The van der Waals surface area contributed by atoms with Crippen LogP contribution in [-0.2, 0) is 4.79 Å². The number of hydrogen-bond acceptors (Lipinski definition) is 4. The SMILES string of the molecule is CC(C)[C@H](N)CN(C(=O)C(Cl)Cl)c1cccc(-c2ccno2)c1.Cc1c(Cl)cccc1Cl. The molecule has 9 heteroatoms. The van der Waals surface area contributed by atoms with Gasteiger partial charge in [0.15, 0.2) is 10.6 Å². The number of halogens is 4. The van der Waals surface area contributed by atoms with Gasteiger partial charge in [-0.15, -0.1) is 0 Å². The van der Waals surface area contributed by atoms with Crippen molar-refractivity contribution in [2.75, 3.05) is 11.4 Å². The molecule has 0 unspecified atom stereocenters. The molecule has 0 aliphatic heterocycles. The van der Waals surface area contributed by atoms with Gasteiger partial charge >= 0.3 is 0 Å². The summed E-state index contributed by atoms with van der Waals surface area (Å²) >= 11 is 23.0. The molecular formula is C23H25Cl4N3O2. The number of alkyl halides is 2. The van der Waals surface area contributed by atoms with E-state index in [9.17, 15) is 4.79 Å². The van der Waals surface area contributed by atoms with Crippen molar-refractivity contribution < 1.29 is 9.32 Å². The van der Waals surface area contributed by atoms with Crippen LogP contribution in [0.4, 0.5) is 5.69 Å². The van der Waals surface area contributed by atoms with E-state index in [-0.39, 0.29) is 12.0 Å². The molecule has 0 aliphatic carbocycles. The van der Waals surface area contributed by atoms with Crippen LogP contribution in [0.3, 0.4) is 0 Å². The highest BCUT2D eigenvalue weighted by molar-refractivity contribution is 6.54. The third-order valence-corrected chi connectivity index (χ3v) is 5.98. The summed E-state index contributed by atoms with van der Waals surface area (Å²) in [4.78, 5) is 12.7. The highest BCUT2D eigenvalue weighted by Gasteiger charge is 2.25. The average Bonchev–Trinajstić information content (AvgIpc) is 3.30. The van der Waals surface area contributed by atoms with Crippen molar-refractivity contribution >= 4 is 58.0 Å². The van der Waals surface area contributed by atoms with Crippen LogP contribution in [0.1, 0.15) is 19.4 Å². The molecule has 3 aromatic rings. The second-order valence-electron chi connectivity index (χ2n) is 7.43. The average molecular weight is 517 g/mol. The minimum atomic E-state index is -1.15. The molecule has 3 rings (SSSR count). The summed E-state index contributed by atoms with van der Waals surface area (Å²) in [5.74, 6) is 0.423. The molecule has 0 fully saturated rings. The van der Waals surface area contributed by atoms with Crippen LogP contribution < -0.4 is 10.6 Å². The molecule has 32 heavy (non-hydrogen) atoms. The normalized spacial score (nSPS) is 11.8. The van der Waals surface area contributed by atoms with Crippen LogP contribution in [-0.4, -0.2) is 28.5 Å². The fraction of sp³-hybridized carbons (Fsp3) is 0.304. The number of hydrogen-bond donors (Lipinski definition) is 1. The zero-order chi connectivity index (χ0) is 23.8. The Kier molecular flexibility index (Phi) is 10.3. The molecule has 0 saturated carbocycles. The van der Waals surface area contributed by atoms with Crippen LogP contribution in [0.15, 0.2) is 59.3 Å². The summed E-state index contributed by atoms with van der Waals surface area (Å²) in [6, 6.07) is 14.3. The van der Waals surface area contributed by atoms with Gasteiger partial charge in [-0.3, -0.25) is 4.79 Å². The summed E-state index contributed by atoms with van der Waals surface area (Å²) in [6.07, 6.45) is 1.56. The van der Waals surface area contributed by atoms with Gasteiger partial charge in [-0.05, 0) is 42.7 Å².